The van der Waals surface area contributed by atoms with Crippen LogP contribution >= 0.6 is 67.5 Å². The van der Waals surface area contributed by atoms with E-state index in [-0.39, 0.29) is 109 Å². The maximum atomic E-state index is 14.0. The van der Waals surface area contributed by atoms with Crippen LogP contribution in [0.25, 0.3) is 22.3 Å². The average molecular weight is 930 g/mol. The molecule has 8 rings (SSSR count). The first-order chi connectivity index (χ1) is 26.9. The lowest BCUT2D eigenvalue weighted by Gasteiger charge is -2.30. The second-order valence-electron chi connectivity index (χ2n) is 17.3. The van der Waals surface area contributed by atoms with E-state index in [4.69, 9.17) is 19.4 Å². The second-order valence-corrected chi connectivity index (χ2v) is 17.3. The van der Waals surface area contributed by atoms with Crippen molar-refractivity contribution in [3.63, 3.8) is 0 Å². The van der Waals surface area contributed by atoms with Gasteiger partial charge in [0.15, 0.2) is 0 Å². The molecule has 3 amide bonds. The number of carbonyl (C=O) groups excluding carboxylic acids is 3. The highest BCUT2D eigenvalue weighted by molar-refractivity contribution is 7.60. The molecular weight excluding hydrogens is 867 g/mol. The Bertz CT molecular complexity index is 2210. The van der Waals surface area contributed by atoms with Crippen LogP contribution in [0.1, 0.15) is 108 Å². The van der Waals surface area contributed by atoms with Gasteiger partial charge in [0.25, 0.3) is 0 Å². The number of benzene rings is 2. The summed E-state index contributed by atoms with van der Waals surface area (Å²) in [5.74, 6) is 8.35. The summed E-state index contributed by atoms with van der Waals surface area (Å²) in [6.45, 7) is 12.0. The first-order valence-corrected chi connectivity index (χ1v) is 20.1. The Kier molecular flexibility index (Phi) is 17.8. The van der Waals surface area contributed by atoms with E-state index >= 15 is 0 Å². The van der Waals surface area contributed by atoms with Crippen molar-refractivity contribution in [1.29, 1.82) is 0 Å². The molecule has 5 atom stereocenters. The standard InChI is InChI=1S/C44H53N7O5.5H2S/c1-26(2)28(5)40(52)50-24-43(17-18-43)21-35(50)39-46-32-15-12-30(20-33(32)47-39)9-8-29-10-13-31(14-11-29)34-23-45-38(48-34)36-22-44(16-7-19-56-44)25-51(36)41(53)37(27(3)4)49-42(54)55-6;;;;;/h10-15,20,23,26-28,35-37H,7,16-19,21-22,24-25H2,1-6H3,(H,45,48)(H,46,47)(H,49,54);5*1H2/t28-,35-,36-,37-,44-;;;;;/m0...../s1. The summed E-state index contributed by atoms with van der Waals surface area (Å²) in [6, 6.07) is 13.0. The third-order valence-electron chi connectivity index (χ3n) is 12.7. The maximum Gasteiger partial charge on any atom is 0.407 e. The first kappa shape index (κ1) is 51.9. The Morgan fingerprint density at radius 2 is 1.48 bits per heavy atom. The fourth-order valence-corrected chi connectivity index (χ4v) is 8.76. The Hall–Kier alpha value is -3.40. The molecule has 5 heterocycles. The molecule has 3 aliphatic heterocycles. The Labute approximate surface area is 394 Å². The number of hydrogen-bond acceptors (Lipinski definition) is 7. The van der Waals surface area contributed by atoms with Gasteiger partial charge in [0.1, 0.15) is 17.7 Å². The number of likely N-dealkylation sites (tertiary alicyclic amines) is 2. The molecule has 2 spiro atoms. The number of imidazole rings is 2. The molecule has 2 aromatic carbocycles. The van der Waals surface area contributed by atoms with Crippen molar-refractivity contribution in [3.05, 3.63) is 71.4 Å². The van der Waals surface area contributed by atoms with Crippen molar-refractivity contribution < 1.29 is 23.9 Å². The molecule has 17 heteroatoms. The van der Waals surface area contributed by atoms with Crippen LogP contribution in [0.5, 0.6) is 0 Å². The lowest BCUT2D eigenvalue weighted by atomic mass is 9.96. The summed E-state index contributed by atoms with van der Waals surface area (Å²) >= 11 is 0. The smallest absolute Gasteiger partial charge is 0.407 e. The van der Waals surface area contributed by atoms with E-state index in [0.717, 1.165) is 65.0 Å². The summed E-state index contributed by atoms with van der Waals surface area (Å²) in [5.41, 5.74) is 5.17. The van der Waals surface area contributed by atoms with Gasteiger partial charge in [0.05, 0.1) is 54.3 Å². The number of nitrogens with one attached hydrogen (secondary N) is 3. The third-order valence-corrected chi connectivity index (χ3v) is 12.7. The summed E-state index contributed by atoms with van der Waals surface area (Å²) in [5, 5.41) is 2.73. The van der Waals surface area contributed by atoms with E-state index in [2.05, 4.69) is 45.9 Å². The van der Waals surface area contributed by atoms with Crippen LogP contribution in [0.2, 0.25) is 0 Å². The average Bonchev–Trinajstić information content (AvgIpc) is 3.79. The van der Waals surface area contributed by atoms with Crippen LogP contribution < -0.4 is 5.32 Å². The maximum absolute atomic E-state index is 14.0. The van der Waals surface area contributed by atoms with Gasteiger partial charge in [-0.05, 0) is 85.3 Å². The van der Waals surface area contributed by atoms with Gasteiger partial charge in [-0.1, -0.05) is 58.6 Å². The largest absolute Gasteiger partial charge is 0.453 e. The van der Waals surface area contributed by atoms with Gasteiger partial charge in [-0.15, -0.1) is 0 Å². The Morgan fingerprint density at radius 3 is 2.10 bits per heavy atom. The van der Waals surface area contributed by atoms with Crippen LogP contribution in [0, 0.1) is 35.0 Å². The Morgan fingerprint density at radius 1 is 0.820 bits per heavy atom. The van der Waals surface area contributed by atoms with Gasteiger partial charge in [-0.2, -0.15) is 67.5 Å². The molecule has 3 N–H and O–H groups in total. The molecule has 1 aliphatic carbocycles. The summed E-state index contributed by atoms with van der Waals surface area (Å²) in [4.78, 5) is 60.3. The molecule has 1 saturated carbocycles. The van der Waals surface area contributed by atoms with Crippen molar-refractivity contribution in [2.45, 2.75) is 96.9 Å². The zero-order valence-corrected chi connectivity index (χ0v) is 40.8. The van der Waals surface area contributed by atoms with Crippen LogP contribution in [-0.2, 0) is 19.1 Å². The molecule has 0 radical (unpaired) electrons. The SMILES string of the molecule is COC(=O)N[C@H](C(=O)N1C[C@]2(CCCO2)C[C@H]1c1ncc(-c2ccc(C#Cc3ccc4nc([C@@H]5CC6(CC6)CN5C(=O)[C@@H](C)C(C)C)[nH]c4c3)cc2)[nH]1)C(C)C.S.S.S.S.S. The summed E-state index contributed by atoms with van der Waals surface area (Å²) < 4.78 is 11.1. The number of amides is 3. The lowest BCUT2D eigenvalue weighted by Crippen LogP contribution is -2.51. The highest BCUT2D eigenvalue weighted by Crippen LogP contribution is 2.58. The van der Waals surface area contributed by atoms with Crippen LogP contribution in [-0.4, -0.2) is 86.1 Å². The van der Waals surface area contributed by atoms with Gasteiger partial charge >= 0.3 is 6.09 Å². The minimum atomic E-state index is -0.739. The van der Waals surface area contributed by atoms with Crippen molar-refractivity contribution in [2.75, 3.05) is 26.8 Å². The number of rotatable bonds is 8. The summed E-state index contributed by atoms with van der Waals surface area (Å²) in [6.07, 6.45) is 6.95. The van der Waals surface area contributed by atoms with Gasteiger partial charge < -0.3 is 34.6 Å². The van der Waals surface area contributed by atoms with E-state index in [1.54, 1.807) is 6.20 Å². The fourth-order valence-electron chi connectivity index (χ4n) is 8.76. The van der Waals surface area contributed by atoms with E-state index in [0.29, 0.717) is 31.3 Å². The number of aromatic amines is 2. The zero-order chi connectivity index (χ0) is 39.4. The molecule has 4 aliphatic rings. The minimum absolute atomic E-state index is 0. The molecule has 4 aromatic rings. The highest BCUT2D eigenvalue weighted by atomic mass is 32.1. The number of hydrogen-bond donors (Lipinski definition) is 3. The van der Waals surface area contributed by atoms with Gasteiger partial charge in [0.2, 0.25) is 11.8 Å². The molecule has 3 saturated heterocycles. The Balaban J connectivity index is 0.00000198. The number of H-pyrrole nitrogens is 2. The van der Waals surface area contributed by atoms with Crippen molar-refractivity contribution >= 4 is 96.4 Å². The second kappa shape index (κ2) is 20.9. The van der Waals surface area contributed by atoms with Crippen LogP contribution in [0.3, 0.4) is 0 Å². The van der Waals surface area contributed by atoms with E-state index < -0.39 is 17.7 Å². The number of nitrogens with zero attached hydrogens (tertiary/aromatic N) is 4. The number of carbonyl (C=O) groups is 3. The van der Waals surface area contributed by atoms with Crippen molar-refractivity contribution in [2.24, 2.45) is 23.2 Å². The molecule has 2 aromatic heterocycles. The minimum Gasteiger partial charge on any atom is -0.453 e. The van der Waals surface area contributed by atoms with Gasteiger partial charge in [0, 0.05) is 36.6 Å². The van der Waals surface area contributed by atoms with Crippen LogP contribution in [0.4, 0.5) is 4.79 Å². The molecule has 0 unspecified atom stereocenters. The van der Waals surface area contributed by atoms with Crippen molar-refractivity contribution in [1.82, 2.24) is 35.1 Å². The fraction of sp³-hybridized carbons (Fsp3) is 0.523. The van der Waals surface area contributed by atoms with Gasteiger partial charge in [-0.3, -0.25) is 9.59 Å². The zero-order valence-electron chi connectivity index (χ0n) is 35.8. The molecule has 334 valence electrons. The normalized spacial score (nSPS) is 21.6. The monoisotopic (exact) mass is 929 g/mol. The highest BCUT2D eigenvalue weighted by Gasteiger charge is 2.55. The van der Waals surface area contributed by atoms with Crippen molar-refractivity contribution in [3.8, 4) is 23.1 Å². The number of aromatic nitrogens is 4. The van der Waals surface area contributed by atoms with Gasteiger partial charge in [-0.25, -0.2) is 14.8 Å². The number of alkyl carbamates (subject to hydrolysis) is 1. The van der Waals surface area contributed by atoms with E-state index in [9.17, 15) is 14.4 Å². The number of methoxy groups -OCH3 is 1. The number of fused-ring (bicyclic) bond motifs is 1. The van der Waals surface area contributed by atoms with E-state index in [1.807, 2.05) is 68.1 Å². The number of ether oxygens (including phenoxy) is 2. The molecular formula is C44H63N7O5S5. The summed E-state index contributed by atoms with van der Waals surface area (Å²) in [7, 11) is 1.30. The first-order valence-electron chi connectivity index (χ1n) is 20.1. The molecule has 61 heavy (non-hydrogen) atoms. The lowest BCUT2D eigenvalue weighted by molar-refractivity contribution is -0.138. The quantitative estimate of drug-likeness (QED) is 0.156. The third kappa shape index (κ3) is 10.7. The topological polar surface area (TPSA) is 146 Å². The predicted octanol–water partition coefficient (Wildman–Crippen LogP) is 7.47. The molecule has 4 fully saturated rings. The predicted molar refractivity (Wildman–Crippen MR) is 264 cm³/mol. The molecule has 0 bridgehead atoms. The van der Waals surface area contributed by atoms with Crippen LogP contribution in [0.15, 0.2) is 48.7 Å². The molecule has 12 nitrogen and oxygen atoms in total. The van der Waals surface area contributed by atoms with E-state index in [1.165, 1.54) is 20.0 Å².